The fourth-order valence-corrected chi connectivity index (χ4v) is 2.98. The Morgan fingerprint density at radius 1 is 1.00 bits per heavy atom. The molecule has 1 atom stereocenters. The van der Waals surface area contributed by atoms with Crippen molar-refractivity contribution in [1.82, 2.24) is 5.43 Å². The van der Waals surface area contributed by atoms with E-state index in [9.17, 15) is 17.8 Å². The smallest absolute Gasteiger partial charge is 0.301 e. The van der Waals surface area contributed by atoms with Gasteiger partial charge in [-0.25, -0.2) is 0 Å². The van der Waals surface area contributed by atoms with Gasteiger partial charge in [0.25, 0.3) is 5.91 Å². The van der Waals surface area contributed by atoms with Gasteiger partial charge in [0.2, 0.25) is 5.50 Å². The van der Waals surface area contributed by atoms with E-state index in [2.05, 4.69) is 21.5 Å². The second-order valence-electron chi connectivity index (χ2n) is 5.83. The van der Waals surface area contributed by atoms with E-state index in [1.54, 1.807) is 42.5 Å². The van der Waals surface area contributed by atoms with Crippen molar-refractivity contribution in [3.05, 3.63) is 77.7 Å². The standard InChI is InChI=1S/C18H17ClN4O5S/c19-12-3-1-4-15(11-12)22-23-18(29(25,26)27)21-14-8-6-13(7-9-14)20-17(24)16-5-2-10-28-16/h1-11,18,21-23H,(H,20,24)(H,25,26,27). The predicted octanol–water partition coefficient (Wildman–Crippen LogP) is 3.39. The second-order valence-corrected chi connectivity index (χ2v) is 7.77. The number of furan rings is 1. The molecular formula is C18H17ClN4O5S. The summed E-state index contributed by atoms with van der Waals surface area (Å²) < 4.78 is 37.8. The lowest BCUT2D eigenvalue weighted by molar-refractivity contribution is 0.0996. The summed E-state index contributed by atoms with van der Waals surface area (Å²) in [6, 6.07) is 15.9. The van der Waals surface area contributed by atoms with Crippen molar-refractivity contribution in [2.24, 2.45) is 0 Å². The zero-order chi connectivity index (χ0) is 20.9. The van der Waals surface area contributed by atoms with Crippen LogP contribution in [-0.2, 0) is 10.1 Å². The van der Waals surface area contributed by atoms with Gasteiger partial charge in [-0.2, -0.15) is 13.8 Å². The summed E-state index contributed by atoms with van der Waals surface area (Å²) in [5, 5.41) is 5.73. The molecular weight excluding hydrogens is 420 g/mol. The second kappa shape index (κ2) is 8.97. The highest BCUT2D eigenvalue weighted by atomic mass is 35.5. The van der Waals surface area contributed by atoms with E-state index in [4.69, 9.17) is 16.0 Å². The van der Waals surface area contributed by atoms with Gasteiger partial charge in [0.1, 0.15) is 0 Å². The van der Waals surface area contributed by atoms with E-state index in [1.807, 2.05) is 0 Å². The van der Waals surface area contributed by atoms with Gasteiger partial charge in [0.05, 0.1) is 12.0 Å². The zero-order valence-corrected chi connectivity index (χ0v) is 16.4. The van der Waals surface area contributed by atoms with Gasteiger partial charge >= 0.3 is 10.1 Å². The van der Waals surface area contributed by atoms with Crippen LogP contribution in [0.3, 0.4) is 0 Å². The largest absolute Gasteiger partial charge is 0.459 e. The van der Waals surface area contributed by atoms with E-state index in [-0.39, 0.29) is 5.76 Å². The van der Waals surface area contributed by atoms with E-state index in [0.29, 0.717) is 22.1 Å². The molecule has 3 rings (SSSR count). The van der Waals surface area contributed by atoms with Crippen molar-refractivity contribution in [2.45, 2.75) is 5.50 Å². The lowest BCUT2D eigenvalue weighted by Crippen LogP contribution is -2.45. The maximum absolute atomic E-state index is 12.0. The Morgan fingerprint density at radius 2 is 1.72 bits per heavy atom. The number of hydrogen-bond donors (Lipinski definition) is 5. The number of amides is 1. The molecule has 0 aliphatic heterocycles. The van der Waals surface area contributed by atoms with Crippen LogP contribution in [0.5, 0.6) is 0 Å². The topological polar surface area (TPSA) is 133 Å². The number of rotatable bonds is 8. The number of nitrogens with one attached hydrogen (secondary N) is 4. The van der Waals surface area contributed by atoms with Crippen LogP contribution in [0, 0.1) is 0 Å². The summed E-state index contributed by atoms with van der Waals surface area (Å²) in [7, 11) is -4.50. The van der Waals surface area contributed by atoms with Crippen LogP contribution in [0.25, 0.3) is 0 Å². The molecule has 0 bridgehead atoms. The normalized spacial score (nSPS) is 12.2. The molecule has 3 aromatic rings. The fraction of sp³-hybridized carbons (Fsp3) is 0.0556. The SMILES string of the molecule is O=C(Nc1ccc(NC(NNc2cccc(Cl)c2)S(=O)(=O)O)cc1)c1ccco1. The van der Waals surface area contributed by atoms with Gasteiger partial charge in [-0.1, -0.05) is 17.7 Å². The molecule has 0 spiro atoms. The minimum Gasteiger partial charge on any atom is -0.459 e. The van der Waals surface area contributed by atoms with Crippen molar-refractivity contribution in [2.75, 3.05) is 16.1 Å². The summed E-state index contributed by atoms with van der Waals surface area (Å²) in [6.07, 6.45) is 1.39. The van der Waals surface area contributed by atoms with Crippen molar-refractivity contribution < 1.29 is 22.2 Å². The molecule has 1 heterocycles. The molecule has 2 aromatic carbocycles. The van der Waals surface area contributed by atoms with E-state index < -0.39 is 21.5 Å². The van der Waals surface area contributed by atoms with Crippen LogP contribution >= 0.6 is 11.6 Å². The third-order valence-corrected chi connectivity index (χ3v) is 4.72. The molecule has 0 saturated carbocycles. The monoisotopic (exact) mass is 436 g/mol. The van der Waals surface area contributed by atoms with Crippen molar-refractivity contribution in [3.63, 3.8) is 0 Å². The Balaban J connectivity index is 1.64. The molecule has 0 fully saturated rings. The van der Waals surface area contributed by atoms with E-state index >= 15 is 0 Å². The molecule has 1 amide bonds. The first-order chi connectivity index (χ1) is 13.8. The molecule has 1 aromatic heterocycles. The van der Waals surface area contributed by atoms with Crippen molar-refractivity contribution in [3.8, 4) is 0 Å². The highest BCUT2D eigenvalue weighted by Gasteiger charge is 2.22. The van der Waals surface area contributed by atoms with Crippen LogP contribution in [0.2, 0.25) is 5.02 Å². The quantitative estimate of drug-likeness (QED) is 0.206. The summed E-state index contributed by atoms with van der Waals surface area (Å²) in [5.41, 5.74) is 4.95. The number of carbonyl (C=O) groups excluding carboxylic acids is 1. The van der Waals surface area contributed by atoms with E-state index in [1.165, 1.54) is 24.5 Å². The molecule has 5 N–H and O–H groups in total. The maximum atomic E-state index is 12.0. The van der Waals surface area contributed by atoms with E-state index in [0.717, 1.165) is 0 Å². The Kier molecular flexibility index (Phi) is 6.39. The summed E-state index contributed by atoms with van der Waals surface area (Å²) in [5.74, 6) is -0.256. The Morgan fingerprint density at radius 3 is 2.34 bits per heavy atom. The number of hydrazine groups is 1. The summed E-state index contributed by atoms with van der Waals surface area (Å²) in [4.78, 5) is 12.0. The number of benzene rings is 2. The zero-order valence-electron chi connectivity index (χ0n) is 14.8. The van der Waals surface area contributed by atoms with Crippen LogP contribution < -0.4 is 21.5 Å². The van der Waals surface area contributed by atoms with Gasteiger partial charge in [0.15, 0.2) is 5.76 Å². The molecule has 1 unspecified atom stereocenters. The first-order valence-electron chi connectivity index (χ1n) is 8.26. The van der Waals surface area contributed by atoms with Crippen LogP contribution in [-0.4, -0.2) is 24.4 Å². The number of carbonyl (C=O) groups is 1. The fourth-order valence-electron chi connectivity index (χ4n) is 2.30. The molecule has 11 heteroatoms. The molecule has 0 aliphatic carbocycles. The van der Waals surface area contributed by atoms with Crippen molar-refractivity contribution in [1.29, 1.82) is 0 Å². The highest BCUT2D eigenvalue weighted by molar-refractivity contribution is 7.86. The number of halogens is 1. The van der Waals surface area contributed by atoms with Gasteiger partial charge in [0, 0.05) is 16.4 Å². The predicted molar refractivity (Wildman–Crippen MR) is 110 cm³/mol. The first kappa shape index (κ1) is 20.7. The minimum atomic E-state index is -4.50. The summed E-state index contributed by atoms with van der Waals surface area (Å²) in [6.45, 7) is 0. The molecule has 29 heavy (non-hydrogen) atoms. The van der Waals surface area contributed by atoms with Crippen LogP contribution in [0.1, 0.15) is 10.6 Å². The Bertz CT molecular complexity index is 1070. The first-order valence-corrected chi connectivity index (χ1v) is 10.1. The average Bonchev–Trinajstić information content (AvgIpc) is 3.20. The highest BCUT2D eigenvalue weighted by Crippen LogP contribution is 2.17. The lowest BCUT2D eigenvalue weighted by atomic mass is 10.2. The Hall–Kier alpha value is -3.05. The van der Waals surface area contributed by atoms with Crippen LogP contribution in [0.15, 0.2) is 71.3 Å². The lowest BCUT2D eigenvalue weighted by Gasteiger charge is -2.20. The molecule has 9 nitrogen and oxygen atoms in total. The van der Waals surface area contributed by atoms with Gasteiger partial charge in [-0.15, -0.1) is 0 Å². The number of hydrogen-bond acceptors (Lipinski definition) is 7. The third-order valence-electron chi connectivity index (χ3n) is 3.66. The summed E-state index contributed by atoms with van der Waals surface area (Å²) >= 11 is 5.88. The Labute approximate surface area is 171 Å². The number of anilines is 3. The average molecular weight is 437 g/mol. The van der Waals surface area contributed by atoms with Crippen molar-refractivity contribution >= 4 is 44.7 Å². The molecule has 0 saturated heterocycles. The van der Waals surface area contributed by atoms with Crippen LogP contribution in [0.4, 0.5) is 17.1 Å². The minimum absolute atomic E-state index is 0.162. The third kappa shape index (κ3) is 5.96. The van der Waals surface area contributed by atoms with Gasteiger partial charge < -0.3 is 20.5 Å². The molecule has 0 radical (unpaired) electrons. The molecule has 152 valence electrons. The molecule has 0 aliphatic rings. The maximum Gasteiger partial charge on any atom is 0.301 e. The van der Waals surface area contributed by atoms with Gasteiger partial charge in [-0.3, -0.25) is 9.35 Å². The van der Waals surface area contributed by atoms with Gasteiger partial charge in [-0.05, 0) is 54.6 Å².